The number of nitrogens with zero attached hydrogens (tertiary/aromatic N) is 2. The van der Waals surface area contributed by atoms with Crippen molar-refractivity contribution in [3.8, 4) is 0 Å². The highest BCUT2D eigenvalue weighted by molar-refractivity contribution is 8.02. The van der Waals surface area contributed by atoms with E-state index in [1.165, 1.54) is 0 Å². The summed E-state index contributed by atoms with van der Waals surface area (Å²) in [5, 5.41) is 9.09. The Hall–Kier alpha value is -1.54. The summed E-state index contributed by atoms with van der Waals surface area (Å²) in [6, 6.07) is -0.582. The minimum absolute atomic E-state index is 0.0301. The predicted molar refractivity (Wildman–Crippen MR) is 130 cm³/mol. The van der Waals surface area contributed by atoms with E-state index in [1.807, 2.05) is 25.7 Å². The maximum absolute atomic E-state index is 14.1. The SMILES string of the molecule is C=CCN(C(=O)C1N(CCCCCCO)C(=O)[C@@H]2[C@@H](C(=O)OCC)[C@H]3CCC12S3)C(C)(C)C. The Morgan fingerprint density at radius 3 is 2.61 bits per heavy atom. The second-order valence-corrected chi connectivity index (χ2v) is 12.0. The van der Waals surface area contributed by atoms with Crippen molar-refractivity contribution < 1.29 is 24.2 Å². The van der Waals surface area contributed by atoms with Gasteiger partial charge in [0.2, 0.25) is 11.8 Å². The third kappa shape index (κ3) is 4.70. The van der Waals surface area contributed by atoms with Crippen LogP contribution in [0.4, 0.5) is 0 Å². The number of hydrogen-bond acceptors (Lipinski definition) is 6. The number of unbranched alkanes of at least 4 members (excludes halogenated alkanes) is 3. The fraction of sp³-hybridized carbons (Fsp3) is 0.800. The first-order valence-corrected chi connectivity index (χ1v) is 13.2. The largest absolute Gasteiger partial charge is 0.466 e. The number of carbonyl (C=O) groups is 3. The lowest BCUT2D eigenvalue weighted by Crippen LogP contribution is -2.58. The molecule has 0 aromatic rings. The van der Waals surface area contributed by atoms with Crippen molar-refractivity contribution in [2.75, 3.05) is 26.3 Å². The number of amides is 2. The summed E-state index contributed by atoms with van der Waals surface area (Å²) in [7, 11) is 0. The van der Waals surface area contributed by atoms with Crippen LogP contribution in [0.5, 0.6) is 0 Å². The quantitative estimate of drug-likeness (QED) is 0.278. The zero-order valence-corrected chi connectivity index (χ0v) is 21.4. The predicted octanol–water partition coefficient (Wildman–Crippen LogP) is 3.01. The standard InChI is InChI=1S/C25H40N2O5S/c1-6-14-27(24(3,4)5)22(30)20-25-13-12-17(33-25)18(23(31)32-7-2)19(25)21(29)26(20)15-10-8-9-11-16-28/h6,17-20,28H,1,7-16H2,2-5H3/t17-,18+,19+,20?,25?/m1/s1. The minimum Gasteiger partial charge on any atom is -0.466 e. The van der Waals surface area contributed by atoms with E-state index in [0.29, 0.717) is 13.1 Å². The van der Waals surface area contributed by atoms with Crippen molar-refractivity contribution in [1.29, 1.82) is 0 Å². The highest BCUT2D eigenvalue weighted by Crippen LogP contribution is 2.66. The maximum atomic E-state index is 14.1. The first-order chi connectivity index (χ1) is 15.6. The van der Waals surface area contributed by atoms with Crippen LogP contribution in [-0.2, 0) is 19.1 Å². The van der Waals surface area contributed by atoms with Gasteiger partial charge in [-0.1, -0.05) is 18.9 Å². The number of ether oxygens (including phenoxy) is 1. The summed E-state index contributed by atoms with van der Waals surface area (Å²) in [4.78, 5) is 44.4. The molecule has 8 heteroatoms. The van der Waals surface area contributed by atoms with Crippen molar-refractivity contribution >= 4 is 29.5 Å². The number of aliphatic hydroxyl groups excluding tert-OH is 1. The molecule has 3 aliphatic rings. The van der Waals surface area contributed by atoms with Gasteiger partial charge in [-0.2, -0.15) is 0 Å². The number of fused-ring (bicyclic) bond motifs is 1. The van der Waals surface area contributed by atoms with Gasteiger partial charge in [-0.25, -0.2) is 0 Å². The van der Waals surface area contributed by atoms with Gasteiger partial charge < -0.3 is 19.6 Å². The van der Waals surface area contributed by atoms with E-state index < -0.39 is 28.2 Å². The summed E-state index contributed by atoms with van der Waals surface area (Å²) in [6.07, 6.45) is 6.60. The fourth-order valence-electron chi connectivity index (χ4n) is 5.90. The van der Waals surface area contributed by atoms with Crippen LogP contribution in [0.25, 0.3) is 0 Å². The maximum Gasteiger partial charge on any atom is 0.310 e. The van der Waals surface area contributed by atoms with Gasteiger partial charge in [0, 0.05) is 30.5 Å². The zero-order valence-electron chi connectivity index (χ0n) is 20.5. The zero-order chi connectivity index (χ0) is 24.4. The van der Waals surface area contributed by atoms with Crippen molar-refractivity contribution in [3.05, 3.63) is 12.7 Å². The topological polar surface area (TPSA) is 87.2 Å². The van der Waals surface area contributed by atoms with E-state index in [4.69, 9.17) is 9.84 Å². The molecule has 2 amide bonds. The molecule has 0 aromatic carbocycles. The summed E-state index contributed by atoms with van der Waals surface area (Å²) in [5.74, 6) is -1.41. The third-order valence-electron chi connectivity index (χ3n) is 7.29. The second kappa shape index (κ2) is 10.4. The molecule has 5 atom stereocenters. The molecule has 33 heavy (non-hydrogen) atoms. The molecule has 3 fully saturated rings. The molecule has 0 aromatic heterocycles. The fourth-order valence-corrected chi connectivity index (χ4v) is 8.10. The highest BCUT2D eigenvalue weighted by Gasteiger charge is 2.74. The van der Waals surface area contributed by atoms with Crippen LogP contribution < -0.4 is 0 Å². The van der Waals surface area contributed by atoms with Crippen LogP contribution >= 0.6 is 11.8 Å². The van der Waals surface area contributed by atoms with E-state index in [9.17, 15) is 14.4 Å². The summed E-state index contributed by atoms with van der Waals surface area (Å²) in [6.45, 7) is 13.0. The number of rotatable bonds is 11. The Kier molecular flexibility index (Phi) is 8.20. The van der Waals surface area contributed by atoms with E-state index in [0.717, 1.165) is 38.5 Å². The average Bonchev–Trinajstić information content (AvgIpc) is 3.38. The van der Waals surface area contributed by atoms with Crippen LogP contribution in [0, 0.1) is 11.8 Å². The monoisotopic (exact) mass is 480 g/mol. The Bertz CT molecular complexity index is 766. The van der Waals surface area contributed by atoms with Gasteiger partial charge in [-0.3, -0.25) is 14.4 Å². The Morgan fingerprint density at radius 2 is 2.00 bits per heavy atom. The van der Waals surface area contributed by atoms with Crippen molar-refractivity contribution in [3.63, 3.8) is 0 Å². The van der Waals surface area contributed by atoms with Crippen LogP contribution in [-0.4, -0.2) is 80.6 Å². The molecule has 3 heterocycles. The number of carbonyl (C=O) groups excluding carboxylic acids is 3. The third-order valence-corrected chi connectivity index (χ3v) is 9.24. The Morgan fingerprint density at radius 1 is 1.30 bits per heavy atom. The van der Waals surface area contributed by atoms with Gasteiger partial charge in [0.15, 0.2) is 0 Å². The molecule has 0 radical (unpaired) electrons. The molecule has 3 rings (SSSR count). The minimum atomic E-state index is -0.582. The van der Waals surface area contributed by atoms with E-state index >= 15 is 0 Å². The average molecular weight is 481 g/mol. The van der Waals surface area contributed by atoms with E-state index in [-0.39, 0.29) is 36.2 Å². The van der Waals surface area contributed by atoms with Gasteiger partial charge >= 0.3 is 5.97 Å². The molecule has 3 aliphatic heterocycles. The Balaban J connectivity index is 1.96. The van der Waals surface area contributed by atoms with Crippen LogP contribution in [0.1, 0.15) is 66.2 Å². The molecule has 1 spiro atoms. The number of aliphatic hydroxyl groups is 1. The first-order valence-electron chi connectivity index (χ1n) is 12.3. The number of esters is 1. The number of hydrogen-bond donors (Lipinski definition) is 1. The molecule has 2 unspecified atom stereocenters. The molecule has 1 N–H and O–H groups in total. The summed E-state index contributed by atoms with van der Waals surface area (Å²) >= 11 is 1.68. The smallest absolute Gasteiger partial charge is 0.310 e. The molecule has 3 saturated heterocycles. The lowest BCUT2D eigenvalue weighted by molar-refractivity contribution is -0.153. The van der Waals surface area contributed by atoms with Gasteiger partial charge in [-0.05, 0) is 53.4 Å². The van der Waals surface area contributed by atoms with Crippen molar-refractivity contribution in [2.24, 2.45) is 11.8 Å². The molecular weight excluding hydrogens is 440 g/mol. The lowest BCUT2D eigenvalue weighted by Gasteiger charge is -2.42. The van der Waals surface area contributed by atoms with Crippen molar-refractivity contribution in [1.82, 2.24) is 9.80 Å². The van der Waals surface area contributed by atoms with Crippen LogP contribution in [0.2, 0.25) is 0 Å². The normalized spacial score (nSPS) is 30.5. The molecule has 2 bridgehead atoms. The van der Waals surface area contributed by atoms with E-state index in [1.54, 1.807) is 29.7 Å². The van der Waals surface area contributed by atoms with Crippen LogP contribution in [0.3, 0.4) is 0 Å². The molecule has 0 saturated carbocycles. The molecule has 7 nitrogen and oxygen atoms in total. The van der Waals surface area contributed by atoms with Crippen LogP contribution in [0.15, 0.2) is 12.7 Å². The number of thioether (sulfide) groups is 1. The lowest BCUT2D eigenvalue weighted by atomic mass is 9.71. The van der Waals surface area contributed by atoms with Gasteiger partial charge in [0.05, 0.1) is 23.2 Å². The van der Waals surface area contributed by atoms with Crippen molar-refractivity contribution in [2.45, 2.75) is 87.8 Å². The van der Waals surface area contributed by atoms with Gasteiger partial charge in [0.1, 0.15) is 6.04 Å². The second-order valence-electron chi connectivity index (χ2n) is 10.4. The molecule has 0 aliphatic carbocycles. The van der Waals surface area contributed by atoms with E-state index in [2.05, 4.69) is 6.58 Å². The van der Waals surface area contributed by atoms with Gasteiger partial charge in [0.25, 0.3) is 0 Å². The first kappa shape index (κ1) is 26.1. The number of likely N-dealkylation sites (tertiary alicyclic amines) is 1. The summed E-state index contributed by atoms with van der Waals surface area (Å²) < 4.78 is 4.80. The summed E-state index contributed by atoms with van der Waals surface area (Å²) in [5.41, 5.74) is -0.419. The Labute approximate surface area is 202 Å². The molecular formula is C25H40N2O5S. The van der Waals surface area contributed by atoms with Gasteiger partial charge in [-0.15, -0.1) is 18.3 Å². The highest BCUT2D eigenvalue weighted by atomic mass is 32.2. The molecule has 186 valence electrons.